The van der Waals surface area contributed by atoms with Gasteiger partial charge in [0.2, 0.25) is 0 Å². The summed E-state index contributed by atoms with van der Waals surface area (Å²) in [5.74, 6) is -0.527. The van der Waals surface area contributed by atoms with Gasteiger partial charge in [-0.3, -0.25) is 14.2 Å². The van der Waals surface area contributed by atoms with Crippen molar-refractivity contribution in [2.24, 2.45) is 0 Å². The number of carbonyl (C=O) groups is 1. The highest BCUT2D eigenvalue weighted by Crippen LogP contribution is 2.12. The maximum absolute atomic E-state index is 13.4. The third-order valence-electron chi connectivity index (χ3n) is 5.37. The first-order chi connectivity index (χ1) is 17.1. The van der Waals surface area contributed by atoms with Gasteiger partial charge in [-0.1, -0.05) is 91.0 Å². The van der Waals surface area contributed by atoms with Crippen molar-refractivity contribution in [2.45, 2.75) is 13.0 Å². The van der Waals surface area contributed by atoms with E-state index in [0.29, 0.717) is 14.9 Å². The molecule has 35 heavy (non-hydrogen) atoms. The summed E-state index contributed by atoms with van der Waals surface area (Å²) in [5.41, 5.74) is 2.12. The molecule has 1 heterocycles. The molecule has 0 spiro atoms. The van der Waals surface area contributed by atoms with Gasteiger partial charge >= 0.3 is 0 Å². The second kappa shape index (κ2) is 11.1. The van der Waals surface area contributed by atoms with Crippen LogP contribution in [0.5, 0.6) is 0 Å². The lowest BCUT2D eigenvalue weighted by atomic mass is 10.1. The molecule has 1 N–H and O–H groups in total. The predicted molar refractivity (Wildman–Crippen MR) is 141 cm³/mol. The lowest BCUT2D eigenvalue weighted by molar-refractivity contribution is -0.116. The molecule has 172 valence electrons. The second-order valence-corrected chi connectivity index (χ2v) is 8.81. The van der Waals surface area contributed by atoms with Crippen LogP contribution in [0.2, 0.25) is 0 Å². The number of nitriles is 1. The third kappa shape index (κ3) is 5.55. The van der Waals surface area contributed by atoms with Crippen molar-refractivity contribution in [1.29, 1.82) is 5.26 Å². The Labute approximate surface area is 207 Å². The van der Waals surface area contributed by atoms with Crippen LogP contribution in [-0.4, -0.2) is 10.5 Å². The third-order valence-corrected chi connectivity index (χ3v) is 6.48. The van der Waals surface area contributed by atoms with Crippen LogP contribution in [0.4, 0.5) is 0 Å². The number of amides is 1. The van der Waals surface area contributed by atoms with Crippen molar-refractivity contribution >= 4 is 35.0 Å². The number of nitrogens with one attached hydrogen (secondary N) is 1. The van der Waals surface area contributed by atoms with Gasteiger partial charge < -0.3 is 5.32 Å². The number of aromatic nitrogens is 1. The van der Waals surface area contributed by atoms with Gasteiger partial charge in [0.25, 0.3) is 11.5 Å². The van der Waals surface area contributed by atoms with Gasteiger partial charge in [0.05, 0.1) is 16.3 Å². The normalized spacial score (nSPS) is 13.3. The Kier molecular flexibility index (Phi) is 7.51. The zero-order valence-corrected chi connectivity index (χ0v) is 19.9. The fraction of sp³-hybridized carbons (Fsp3) is 0.0690. The minimum absolute atomic E-state index is 0.106. The van der Waals surface area contributed by atoms with Crippen LogP contribution in [0.3, 0.4) is 0 Å². The zero-order chi connectivity index (χ0) is 24.6. The predicted octanol–water partition coefficient (Wildman–Crippen LogP) is 3.94. The molecule has 6 heteroatoms. The Balaban J connectivity index is 1.82. The first-order valence-electron chi connectivity index (χ1n) is 11.1. The molecule has 0 aliphatic rings. The molecule has 1 amide bonds. The highest BCUT2D eigenvalue weighted by Gasteiger charge is 2.18. The summed E-state index contributed by atoms with van der Waals surface area (Å²) < 4.78 is 2.14. The van der Waals surface area contributed by atoms with Crippen LogP contribution in [0.15, 0.2) is 102 Å². The van der Waals surface area contributed by atoms with Crippen molar-refractivity contribution in [3.63, 3.8) is 0 Å². The van der Waals surface area contributed by atoms with Crippen molar-refractivity contribution < 1.29 is 4.79 Å². The summed E-state index contributed by atoms with van der Waals surface area (Å²) in [6, 6.07) is 30.0. The summed E-state index contributed by atoms with van der Waals surface area (Å²) >= 11 is 1.12. The maximum atomic E-state index is 13.4. The van der Waals surface area contributed by atoms with Crippen LogP contribution in [0.25, 0.3) is 23.4 Å². The summed E-state index contributed by atoms with van der Waals surface area (Å²) in [6.45, 7) is 1.86. The fourth-order valence-corrected chi connectivity index (χ4v) is 4.63. The topological polar surface area (TPSA) is 74.9 Å². The Morgan fingerprint density at radius 2 is 1.57 bits per heavy atom. The number of benzene rings is 3. The van der Waals surface area contributed by atoms with Gasteiger partial charge in [0, 0.05) is 0 Å². The number of hydrogen-bond acceptors (Lipinski definition) is 4. The lowest BCUT2D eigenvalue weighted by Crippen LogP contribution is -2.34. The van der Waals surface area contributed by atoms with Gasteiger partial charge in [-0.2, -0.15) is 5.26 Å². The number of rotatable bonds is 6. The molecule has 0 saturated carbocycles. The molecule has 3 aromatic carbocycles. The van der Waals surface area contributed by atoms with Gasteiger partial charge in [0.1, 0.15) is 10.7 Å². The molecule has 4 aromatic rings. The van der Waals surface area contributed by atoms with Gasteiger partial charge in [-0.25, -0.2) is 0 Å². The van der Waals surface area contributed by atoms with Crippen molar-refractivity contribution in [2.75, 3.05) is 0 Å². The molecule has 1 atom stereocenters. The summed E-state index contributed by atoms with van der Waals surface area (Å²) in [5, 5.41) is 12.8. The van der Waals surface area contributed by atoms with Crippen molar-refractivity contribution in [1.82, 2.24) is 9.88 Å². The molecule has 0 aliphatic carbocycles. The van der Waals surface area contributed by atoms with Crippen LogP contribution >= 0.6 is 11.3 Å². The van der Waals surface area contributed by atoms with Crippen LogP contribution in [0, 0.1) is 11.3 Å². The van der Waals surface area contributed by atoms with E-state index in [1.54, 1.807) is 24.3 Å². The van der Waals surface area contributed by atoms with E-state index in [-0.39, 0.29) is 17.2 Å². The molecule has 4 rings (SSSR count). The zero-order valence-electron chi connectivity index (χ0n) is 19.1. The van der Waals surface area contributed by atoms with Crippen molar-refractivity contribution in [3.8, 4) is 11.8 Å². The average molecular weight is 478 g/mol. The summed E-state index contributed by atoms with van der Waals surface area (Å²) in [6.07, 6.45) is 5.41. The largest absolute Gasteiger partial charge is 0.345 e. The minimum Gasteiger partial charge on any atom is -0.345 e. The molecule has 0 bridgehead atoms. The van der Waals surface area contributed by atoms with E-state index < -0.39 is 5.91 Å². The molecular formula is C29H23N3O2S. The highest BCUT2D eigenvalue weighted by molar-refractivity contribution is 7.07. The molecular weight excluding hydrogens is 454 g/mol. The molecule has 5 nitrogen and oxygen atoms in total. The Bertz CT molecular complexity index is 1560. The maximum Gasteiger partial charge on any atom is 0.273 e. The van der Waals surface area contributed by atoms with E-state index >= 15 is 0 Å². The van der Waals surface area contributed by atoms with E-state index in [1.807, 2.05) is 97.9 Å². The van der Waals surface area contributed by atoms with Crippen LogP contribution in [-0.2, 0) is 4.79 Å². The summed E-state index contributed by atoms with van der Waals surface area (Å²) in [4.78, 5) is 26.5. The Morgan fingerprint density at radius 1 is 0.971 bits per heavy atom. The lowest BCUT2D eigenvalue weighted by Gasteiger charge is -2.13. The Morgan fingerprint density at radius 3 is 2.20 bits per heavy atom. The van der Waals surface area contributed by atoms with E-state index in [4.69, 9.17) is 0 Å². The van der Waals surface area contributed by atoms with Crippen LogP contribution in [0.1, 0.15) is 24.1 Å². The standard InChI is InChI=1S/C29H23N3O2S/c1-21(23-15-7-3-8-16-23)31-27(33)25(20-30)29-32(24-17-9-4-10-18-24)28(34)26(35-29)19-11-14-22-12-5-2-6-13-22/h2-19,21H,1H3,(H,31,33)/b14-11+,26-19+,29-25-. The molecule has 0 aliphatic heterocycles. The van der Waals surface area contributed by atoms with E-state index in [0.717, 1.165) is 22.5 Å². The number of allylic oxidation sites excluding steroid dienone is 1. The minimum atomic E-state index is -0.527. The molecule has 0 saturated heterocycles. The van der Waals surface area contributed by atoms with Gasteiger partial charge in [-0.05, 0) is 36.3 Å². The monoisotopic (exact) mass is 477 g/mol. The molecule has 0 fully saturated rings. The van der Waals surface area contributed by atoms with E-state index in [2.05, 4.69) is 5.32 Å². The first-order valence-corrected chi connectivity index (χ1v) is 11.9. The number of thiazole rings is 1. The van der Waals surface area contributed by atoms with E-state index in [9.17, 15) is 14.9 Å². The summed E-state index contributed by atoms with van der Waals surface area (Å²) in [7, 11) is 0. The molecule has 1 unspecified atom stereocenters. The Hall–Kier alpha value is -4.47. The number of carbonyl (C=O) groups excluding carboxylic acids is 1. The quantitative estimate of drug-likeness (QED) is 0.457. The van der Waals surface area contributed by atoms with Gasteiger partial charge in [0.15, 0.2) is 5.57 Å². The SMILES string of the molecule is CC(NC(=O)/C(C#N)=c1\s/c(=C/C=C/c2ccccc2)c(=O)n1-c1ccccc1)c1ccccc1. The smallest absolute Gasteiger partial charge is 0.273 e. The van der Waals surface area contributed by atoms with Crippen LogP contribution < -0.4 is 20.1 Å². The first kappa shape index (κ1) is 23.7. The highest BCUT2D eigenvalue weighted by atomic mass is 32.1. The number of nitrogens with zero attached hydrogens (tertiary/aromatic N) is 2. The number of para-hydroxylation sites is 1. The fourth-order valence-electron chi connectivity index (χ4n) is 3.58. The number of hydrogen-bond donors (Lipinski definition) is 1. The van der Waals surface area contributed by atoms with E-state index in [1.165, 1.54) is 4.57 Å². The van der Waals surface area contributed by atoms with Gasteiger partial charge in [-0.15, -0.1) is 11.3 Å². The molecule has 1 aromatic heterocycles. The van der Waals surface area contributed by atoms with Crippen molar-refractivity contribution in [3.05, 3.63) is 128 Å². The molecule has 0 radical (unpaired) electrons. The average Bonchev–Trinajstić information content (AvgIpc) is 3.21. The second-order valence-electron chi connectivity index (χ2n) is 7.78.